The summed E-state index contributed by atoms with van der Waals surface area (Å²) in [5, 5.41) is 9.30. The number of pyridine rings is 1. The highest BCUT2D eigenvalue weighted by atomic mass is 16.4. The molecule has 3 heterocycles. The van der Waals surface area contributed by atoms with Crippen LogP contribution in [0.15, 0.2) is 12.3 Å². The smallest absolute Gasteiger partial charge is 0.354 e. The van der Waals surface area contributed by atoms with Crippen LogP contribution in [-0.4, -0.2) is 39.0 Å². The van der Waals surface area contributed by atoms with Gasteiger partial charge in [-0.1, -0.05) is 13.8 Å². The van der Waals surface area contributed by atoms with Crippen LogP contribution in [-0.2, 0) is 6.54 Å². The molecule has 1 fully saturated rings. The van der Waals surface area contributed by atoms with Crippen molar-refractivity contribution in [2.75, 3.05) is 13.1 Å². The number of nitrogens with zero attached hydrogens (tertiary/aromatic N) is 2. The van der Waals surface area contributed by atoms with Gasteiger partial charge in [0, 0.05) is 25.8 Å². The Morgan fingerprint density at radius 1 is 1.41 bits per heavy atom. The van der Waals surface area contributed by atoms with E-state index < -0.39 is 5.97 Å². The molecule has 0 aromatic carbocycles. The summed E-state index contributed by atoms with van der Waals surface area (Å²) in [5.41, 5.74) is 3.88. The lowest BCUT2D eigenvalue weighted by Gasteiger charge is -2.35. The predicted molar refractivity (Wildman–Crippen MR) is 86.0 cm³/mol. The van der Waals surface area contributed by atoms with Gasteiger partial charge in [0.25, 0.3) is 0 Å². The number of carboxylic acid groups (broad SMARTS) is 1. The summed E-state index contributed by atoms with van der Waals surface area (Å²) in [6, 6.07) is 1.71. The molecule has 118 valence electrons. The molecule has 2 aromatic heterocycles. The molecule has 2 aromatic rings. The van der Waals surface area contributed by atoms with Gasteiger partial charge in [0.15, 0.2) is 0 Å². The molecule has 0 amide bonds. The average molecular weight is 301 g/mol. The number of piperidine rings is 1. The van der Waals surface area contributed by atoms with Crippen LogP contribution >= 0.6 is 0 Å². The molecule has 5 heteroatoms. The summed E-state index contributed by atoms with van der Waals surface area (Å²) in [6.45, 7) is 9.42. The molecule has 3 rings (SSSR count). The third-order valence-electron chi connectivity index (χ3n) is 4.47. The Morgan fingerprint density at radius 3 is 2.73 bits per heavy atom. The Morgan fingerprint density at radius 2 is 2.09 bits per heavy atom. The number of carboxylic acids is 1. The van der Waals surface area contributed by atoms with Crippen LogP contribution in [0.25, 0.3) is 11.0 Å². The van der Waals surface area contributed by atoms with Crippen LogP contribution in [0.5, 0.6) is 0 Å². The predicted octanol–water partition coefficient (Wildman–Crippen LogP) is 3.05. The summed E-state index contributed by atoms with van der Waals surface area (Å²) in [6.07, 6.45) is 3.17. The molecule has 0 spiro atoms. The molecular weight excluding hydrogens is 278 g/mol. The first-order valence-electron chi connectivity index (χ1n) is 7.87. The van der Waals surface area contributed by atoms with Crippen molar-refractivity contribution in [2.45, 2.75) is 33.7 Å². The molecule has 0 radical (unpaired) electrons. The molecular formula is C17H23N3O2. The van der Waals surface area contributed by atoms with Crippen LogP contribution in [0.2, 0.25) is 0 Å². The van der Waals surface area contributed by atoms with E-state index in [1.165, 1.54) is 6.42 Å². The first-order valence-corrected chi connectivity index (χ1v) is 7.87. The van der Waals surface area contributed by atoms with Crippen LogP contribution in [0, 0.1) is 18.8 Å². The Hall–Kier alpha value is -1.88. The maximum Gasteiger partial charge on any atom is 0.354 e. The van der Waals surface area contributed by atoms with Crippen molar-refractivity contribution in [1.82, 2.24) is 14.9 Å². The summed E-state index contributed by atoms with van der Waals surface area (Å²) in [7, 11) is 0. The molecule has 22 heavy (non-hydrogen) atoms. The maximum absolute atomic E-state index is 11.3. The number of aromatic nitrogens is 2. The fourth-order valence-electron chi connectivity index (χ4n) is 3.69. The first kappa shape index (κ1) is 15.0. The average Bonchev–Trinajstić information content (AvgIpc) is 2.79. The molecule has 0 bridgehead atoms. The van der Waals surface area contributed by atoms with Crippen molar-refractivity contribution in [2.24, 2.45) is 11.8 Å². The minimum absolute atomic E-state index is 0.128. The zero-order valence-electron chi connectivity index (χ0n) is 13.4. The fraction of sp³-hybridized carbons (Fsp3) is 0.529. The van der Waals surface area contributed by atoms with Gasteiger partial charge in [-0.15, -0.1) is 0 Å². The van der Waals surface area contributed by atoms with Gasteiger partial charge in [0.1, 0.15) is 5.69 Å². The van der Waals surface area contributed by atoms with Gasteiger partial charge in [0.05, 0.1) is 11.0 Å². The van der Waals surface area contributed by atoms with Crippen molar-refractivity contribution < 1.29 is 9.90 Å². The number of hydrogen-bond donors (Lipinski definition) is 2. The van der Waals surface area contributed by atoms with E-state index >= 15 is 0 Å². The molecule has 2 N–H and O–H groups in total. The summed E-state index contributed by atoms with van der Waals surface area (Å²) < 4.78 is 0. The van der Waals surface area contributed by atoms with E-state index in [1.807, 2.05) is 13.1 Å². The number of hydrogen-bond acceptors (Lipinski definition) is 3. The molecule has 1 aliphatic rings. The minimum Gasteiger partial charge on any atom is -0.477 e. The monoisotopic (exact) mass is 301 g/mol. The standard InChI is InChI=1S/C17H23N3O2/c1-10-4-11(2)8-20(7-10)9-13-5-14(17(21)22)19-15-12(3)6-18-16(13)15/h5-6,10-11,18H,4,7-9H2,1-3H3,(H,21,22)/t10-,11+. The van der Waals surface area contributed by atoms with Crippen LogP contribution in [0.4, 0.5) is 0 Å². The second-order valence-corrected chi connectivity index (χ2v) is 6.81. The molecule has 0 saturated carbocycles. The molecule has 0 unspecified atom stereocenters. The highest BCUT2D eigenvalue weighted by Gasteiger charge is 2.23. The normalized spacial score (nSPS) is 23.0. The largest absolute Gasteiger partial charge is 0.477 e. The van der Waals surface area contributed by atoms with Crippen molar-refractivity contribution in [3.05, 3.63) is 29.1 Å². The van der Waals surface area contributed by atoms with E-state index in [1.54, 1.807) is 6.07 Å². The molecule has 1 aliphatic heterocycles. The zero-order valence-corrected chi connectivity index (χ0v) is 13.4. The van der Waals surface area contributed by atoms with Gasteiger partial charge in [-0.25, -0.2) is 9.78 Å². The van der Waals surface area contributed by atoms with E-state index in [4.69, 9.17) is 0 Å². The Kier molecular flexibility index (Phi) is 3.91. The topological polar surface area (TPSA) is 69.2 Å². The molecule has 1 saturated heterocycles. The summed E-state index contributed by atoms with van der Waals surface area (Å²) in [5.74, 6) is 0.403. The van der Waals surface area contributed by atoms with E-state index in [-0.39, 0.29) is 5.69 Å². The number of H-pyrrole nitrogens is 1. The second kappa shape index (κ2) is 5.72. The third-order valence-corrected chi connectivity index (χ3v) is 4.47. The van der Waals surface area contributed by atoms with Crippen LogP contribution in [0.3, 0.4) is 0 Å². The van der Waals surface area contributed by atoms with Crippen LogP contribution < -0.4 is 0 Å². The number of rotatable bonds is 3. The highest BCUT2D eigenvalue weighted by molar-refractivity contribution is 5.91. The summed E-state index contributed by atoms with van der Waals surface area (Å²) in [4.78, 5) is 21.3. The lowest BCUT2D eigenvalue weighted by Crippen LogP contribution is -2.38. The van der Waals surface area contributed by atoms with Crippen molar-refractivity contribution >= 4 is 17.0 Å². The van der Waals surface area contributed by atoms with Gasteiger partial charge < -0.3 is 10.1 Å². The Labute approximate surface area is 130 Å². The van der Waals surface area contributed by atoms with Crippen LogP contribution in [0.1, 0.15) is 41.9 Å². The van der Waals surface area contributed by atoms with Gasteiger partial charge in [-0.3, -0.25) is 4.90 Å². The Bertz CT molecular complexity index is 697. The number of aromatic carboxylic acids is 1. The van der Waals surface area contributed by atoms with Gasteiger partial charge in [-0.2, -0.15) is 0 Å². The van der Waals surface area contributed by atoms with Crippen molar-refractivity contribution in [1.29, 1.82) is 0 Å². The fourth-order valence-corrected chi connectivity index (χ4v) is 3.69. The van der Waals surface area contributed by atoms with E-state index in [0.29, 0.717) is 11.8 Å². The summed E-state index contributed by atoms with van der Waals surface area (Å²) >= 11 is 0. The van der Waals surface area contributed by atoms with E-state index in [0.717, 1.165) is 41.8 Å². The highest BCUT2D eigenvalue weighted by Crippen LogP contribution is 2.26. The lowest BCUT2D eigenvalue weighted by molar-refractivity contribution is 0.0690. The van der Waals surface area contributed by atoms with Gasteiger partial charge >= 0.3 is 5.97 Å². The maximum atomic E-state index is 11.3. The van der Waals surface area contributed by atoms with E-state index in [2.05, 4.69) is 28.7 Å². The number of aromatic amines is 1. The zero-order chi connectivity index (χ0) is 15.9. The Balaban J connectivity index is 1.97. The van der Waals surface area contributed by atoms with Crippen molar-refractivity contribution in [3.63, 3.8) is 0 Å². The van der Waals surface area contributed by atoms with Crippen molar-refractivity contribution in [3.8, 4) is 0 Å². The quantitative estimate of drug-likeness (QED) is 0.914. The van der Waals surface area contributed by atoms with Gasteiger partial charge in [-0.05, 0) is 42.4 Å². The first-order chi connectivity index (χ1) is 10.4. The second-order valence-electron chi connectivity index (χ2n) is 6.81. The van der Waals surface area contributed by atoms with Gasteiger partial charge in [0.2, 0.25) is 0 Å². The molecule has 0 aliphatic carbocycles. The molecule has 5 nitrogen and oxygen atoms in total. The number of carbonyl (C=O) groups is 1. The number of aryl methyl sites for hydroxylation is 1. The SMILES string of the molecule is Cc1c[nH]c2c(CN3C[C@H](C)C[C@H](C)C3)cc(C(=O)O)nc12. The third kappa shape index (κ3) is 2.86. The number of likely N-dealkylation sites (tertiary alicyclic amines) is 1. The minimum atomic E-state index is -0.968. The van der Waals surface area contributed by atoms with E-state index in [9.17, 15) is 9.90 Å². The lowest BCUT2D eigenvalue weighted by atomic mass is 9.91. The molecule has 2 atom stereocenters. The number of fused-ring (bicyclic) bond motifs is 1. The number of nitrogens with one attached hydrogen (secondary N) is 1.